The highest BCUT2D eigenvalue weighted by atomic mass is 32.2. The van der Waals surface area contributed by atoms with Crippen molar-refractivity contribution in [2.24, 2.45) is 0 Å². The van der Waals surface area contributed by atoms with Crippen molar-refractivity contribution < 1.29 is 21.6 Å². The number of amides is 1. The number of carbonyl (C=O) groups excluding carboxylic acids is 1. The lowest BCUT2D eigenvalue weighted by Crippen LogP contribution is -2.19. The summed E-state index contributed by atoms with van der Waals surface area (Å²) in [4.78, 5) is 12.5. The molecule has 8 nitrogen and oxygen atoms in total. The Morgan fingerprint density at radius 1 is 1.00 bits per heavy atom. The van der Waals surface area contributed by atoms with E-state index in [9.17, 15) is 21.6 Å². The van der Waals surface area contributed by atoms with Crippen LogP contribution in [-0.2, 0) is 20.0 Å². The van der Waals surface area contributed by atoms with E-state index in [2.05, 4.69) is 14.8 Å². The van der Waals surface area contributed by atoms with Crippen LogP contribution in [0.15, 0.2) is 47.4 Å². The van der Waals surface area contributed by atoms with Crippen LogP contribution >= 0.6 is 0 Å². The van der Waals surface area contributed by atoms with Gasteiger partial charge in [-0.25, -0.2) is 21.6 Å². The molecule has 146 valence electrons. The van der Waals surface area contributed by atoms with Crippen LogP contribution in [-0.4, -0.2) is 35.5 Å². The van der Waals surface area contributed by atoms with Gasteiger partial charge in [0, 0.05) is 16.9 Å². The Labute approximate surface area is 159 Å². The number of anilines is 2. The zero-order valence-electron chi connectivity index (χ0n) is 15.1. The summed E-state index contributed by atoms with van der Waals surface area (Å²) in [6, 6.07) is 10.4. The molecule has 27 heavy (non-hydrogen) atoms. The van der Waals surface area contributed by atoms with Crippen molar-refractivity contribution in [1.82, 2.24) is 4.72 Å². The van der Waals surface area contributed by atoms with Crippen LogP contribution in [0.2, 0.25) is 0 Å². The van der Waals surface area contributed by atoms with E-state index in [1.807, 2.05) is 0 Å². The topological polar surface area (TPSA) is 121 Å². The summed E-state index contributed by atoms with van der Waals surface area (Å²) in [6.45, 7) is 3.27. The van der Waals surface area contributed by atoms with E-state index in [0.29, 0.717) is 22.5 Å². The maximum Gasteiger partial charge on any atom is 0.255 e. The van der Waals surface area contributed by atoms with Gasteiger partial charge in [0.25, 0.3) is 5.91 Å². The highest BCUT2D eigenvalue weighted by Crippen LogP contribution is 2.21. The molecule has 0 spiro atoms. The maximum absolute atomic E-state index is 12.4. The predicted octanol–water partition coefficient (Wildman–Crippen LogP) is 1.92. The number of benzene rings is 2. The first kappa shape index (κ1) is 20.9. The Balaban J connectivity index is 2.21. The van der Waals surface area contributed by atoms with Gasteiger partial charge in [-0.1, -0.05) is 6.07 Å². The van der Waals surface area contributed by atoms with Crippen LogP contribution in [0.4, 0.5) is 11.4 Å². The van der Waals surface area contributed by atoms with Crippen molar-refractivity contribution in [3.63, 3.8) is 0 Å². The van der Waals surface area contributed by atoms with Crippen molar-refractivity contribution in [2.45, 2.75) is 18.7 Å². The third-order valence-electron chi connectivity index (χ3n) is 3.84. The van der Waals surface area contributed by atoms with Gasteiger partial charge in [-0.05, 0) is 62.9 Å². The Hall–Kier alpha value is -2.43. The molecule has 0 aliphatic rings. The average Bonchev–Trinajstić information content (AvgIpc) is 2.63. The second-order valence-electron chi connectivity index (χ2n) is 5.72. The summed E-state index contributed by atoms with van der Waals surface area (Å²) in [5.74, 6) is -0.498. The Morgan fingerprint density at radius 2 is 1.63 bits per heavy atom. The lowest BCUT2D eigenvalue weighted by atomic mass is 10.1. The number of hydrogen-bond acceptors (Lipinski definition) is 5. The molecular weight excluding hydrogens is 390 g/mol. The normalized spacial score (nSPS) is 11.8. The number of nitrogens with one attached hydrogen (secondary N) is 3. The monoisotopic (exact) mass is 411 g/mol. The number of rotatable bonds is 7. The lowest BCUT2D eigenvalue weighted by Gasteiger charge is -2.11. The van der Waals surface area contributed by atoms with E-state index in [-0.39, 0.29) is 10.6 Å². The molecule has 0 heterocycles. The highest BCUT2D eigenvalue weighted by Gasteiger charge is 2.15. The lowest BCUT2D eigenvalue weighted by molar-refractivity contribution is 0.102. The van der Waals surface area contributed by atoms with Crippen LogP contribution in [0, 0.1) is 6.92 Å². The van der Waals surface area contributed by atoms with Crippen LogP contribution < -0.4 is 14.8 Å². The van der Waals surface area contributed by atoms with Gasteiger partial charge >= 0.3 is 0 Å². The van der Waals surface area contributed by atoms with Crippen molar-refractivity contribution in [2.75, 3.05) is 22.8 Å². The van der Waals surface area contributed by atoms with E-state index in [0.717, 1.165) is 0 Å². The van der Waals surface area contributed by atoms with Gasteiger partial charge in [0.2, 0.25) is 20.0 Å². The van der Waals surface area contributed by atoms with Crippen LogP contribution in [0.5, 0.6) is 0 Å². The first-order valence-corrected chi connectivity index (χ1v) is 11.2. The van der Waals surface area contributed by atoms with Gasteiger partial charge in [0.15, 0.2) is 0 Å². The van der Waals surface area contributed by atoms with Crippen molar-refractivity contribution >= 4 is 37.3 Å². The minimum Gasteiger partial charge on any atom is -0.322 e. The molecule has 0 aliphatic heterocycles. The molecule has 0 aliphatic carbocycles. The number of aryl methyl sites for hydroxylation is 1. The molecule has 2 rings (SSSR count). The molecule has 0 fully saturated rings. The number of carbonyl (C=O) groups is 1. The van der Waals surface area contributed by atoms with Gasteiger partial charge in [0.1, 0.15) is 0 Å². The highest BCUT2D eigenvalue weighted by molar-refractivity contribution is 7.92. The Bertz CT molecular complexity index is 1050. The van der Waals surface area contributed by atoms with Crippen molar-refractivity contribution in [3.05, 3.63) is 53.6 Å². The molecule has 0 saturated carbocycles. The van der Waals surface area contributed by atoms with Gasteiger partial charge < -0.3 is 5.32 Å². The van der Waals surface area contributed by atoms with Crippen molar-refractivity contribution in [1.29, 1.82) is 0 Å². The quantitative estimate of drug-likeness (QED) is 0.643. The third kappa shape index (κ3) is 5.28. The van der Waals surface area contributed by atoms with Gasteiger partial charge in [0.05, 0.1) is 10.6 Å². The SMILES string of the molecule is CCS(=O)(=O)Nc1ccc(C(=O)Nc2cc(S(=O)(=O)NC)ccc2C)cc1. The minimum atomic E-state index is -3.63. The molecule has 2 aromatic carbocycles. The molecule has 3 N–H and O–H groups in total. The zero-order chi connectivity index (χ0) is 20.2. The molecule has 0 aromatic heterocycles. The van der Waals surface area contributed by atoms with Gasteiger partial charge in [-0.15, -0.1) is 0 Å². The number of hydrogen-bond donors (Lipinski definition) is 3. The minimum absolute atomic E-state index is 0.0372. The smallest absolute Gasteiger partial charge is 0.255 e. The van der Waals surface area contributed by atoms with Gasteiger partial charge in [-0.2, -0.15) is 0 Å². The summed E-state index contributed by atoms with van der Waals surface area (Å²) in [5, 5.41) is 2.67. The van der Waals surface area contributed by atoms with Gasteiger partial charge in [-0.3, -0.25) is 9.52 Å². The summed E-state index contributed by atoms with van der Waals surface area (Å²) in [6.07, 6.45) is 0. The molecule has 0 radical (unpaired) electrons. The van der Waals surface area contributed by atoms with Crippen LogP contribution in [0.3, 0.4) is 0 Å². The first-order chi connectivity index (χ1) is 12.6. The fourth-order valence-electron chi connectivity index (χ4n) is 2.16. The fourth-order valence-corrected chi connectivity index (χ4v) is 3.55. The maximum atomic E-state index is 12.4. The van der Waals surface area contributed by atoms with E-state index in [4.69, 9.17) is 0 Å². The van der Waals surface area contributed by atoms with Crippen LogP contribution in [0.1, 0.15) is 22.8 Å². The Kier molecular flexibility index (Phi) is 6.24. The third-order valence-corrected chi connectivity index (χ3v) is 6.56. The average molecular weight is 412 g/mol. The van der Waals surface area contributed by atoms with E-state index in [1.54, 1.807) is 13.0 Å². The molecule has 0 saturated heterocycles. The summed E-state index contributed by atoms with van der Waals surface area (Å²) in [7, 11) is -5.72. The molecule has 0 atom stereocenters. The molecule has 2 aromatic rings. The summed E-state index contributed by atoms with van der Waals surface area (Å²) < 4.78 is 51.6. The van der Waals surface area contributed by atoms with Crippen LogP contribution in [0.25, 0.3) is 0 Å². The molecule has 10 heteroatoms. The van der Waals surface area contributed by atoms with Crippen molar-refractivity contribution in [3.8, 4) is 0 Å². The standard InChI is InChI=1S/C17H21N3O5S2/c1-4-26(22,23)20-14-8-6-13(7-9-14)17(21)19-16-11-15(10-5-12(16)2)27(24,25)18-3/h5-11,18,20H,4H2,1-3H3,(H,19,21). The first-order valence-electron chi connectivity index (χ1n) is 8.04. The summed E-state index contributed by atoms with van der Waals surface area (Å²) in [5.41, 5.74) is 1.72. The van der Waals surface area contributed by atoms with E-state index >= 15 is 0 Å². The largest absolute Gasteiger partial charge is 0.322 e. The molecular formula is C17H21N3O5S2. The molecule has 0 bridgehead atoms. The second-order valence-corrected chi connectivity index (χ2v) is 9.62. The molecule has 1 amide bonds. The zero-order valence-corrected chi connectivity index (χ0v) is 16.7. The van der Waals surface area contributed by atoms with E-state index < -0.39 is 26.0 Å². The predicted molar refractivity (Wildman–Crippen MR) is 105 cm³/mol. The van der Waals surface area contributed by atoms with E-state index in [1.165, 1.54) is 50.4 Å². The summed E-state index contributed by atoms with van der Waals surface area (Å²) >= 11 is 0. The number of sulfonamides is 2. The fraction of sp³-hybridized carbons (Fsp3) is 0.235. The Morgan fingerprint density at radius 3 is 2.19 bits per heavy atom. The second kappa shape index (κ2) is 8.07. The molecule has 0 unspecified atom stereocenters.